The van der Waals surface area contributed by atoms with Crippen molar-refractivity contribution in [3.8, 4) is 6.08 Å². The fourth-order valence-electron chi connectivity index (χ4n) is 1.44. The van der Waals surface area contributed by atoms with Gasteiger partial charge in [0.25, 0.3) is 0 Å². The van der Waals surface area contributed by atoms with E-state index in [0.29, 0.717) is 12.4 Å². The molecule has 0 saturated carbocycles. The molecule has 0 atom stereocenters. The summed E-state index contributed by atoms with van der Waals surface area (Å²) in [6, 6.07) is 7.97. The Bertz CT molecular complexity index is 614. The molecule has 0 unspecified atom stereocenters. The summed E-state index contributed by atoms with van der Waals surface area (Å²) < 4.78 is 11.3. The maximum absolute atomic E-state index is 5.35. The van der Waals surface area contributed by atoms with Crippen molar-refractivity contribution in [2.45, 2.75) is 13.5 Å². The minimum absolute atomic E-state index is 0.182. The van der Waals surface area contributed by atoms with Crippen molar-refractivity contribution in [3.63, 3.8) is 0 Å². The van der Waals surface area contributed by atoms with E-state index in [4.69, 9.17) is 9.26 Å². The van der Waals surface area contributed by atoms with E-state index >= 15 is 0 Å². The van der Waals surface area contributed by atoms with E-state index in [0.717, 1.165) is 15.2 Å². The Balaban J connectivity index is 1.76. The Morgan fingerprint density at radius 3 is 2.94 bits per heavy atom. The molecule has 0 radical (unpaired) electrons. The lowest BCUT2D eigenvalue weighted by Gasteiger charge is -1.94. The number of aryl methyl sites for hydroxylation is 1. The van der Waals surface area contributed by atoms with Gasteiger partial charge in [0.05, 0.1) is 10.2 Å². The van der Waals surface area contributed by atoms with Gasteiger partial charge in [-0.3, -0.25) is 4.52 Å². The molecule has 0 saturated heterocycles. The second-order valence-electron chi connectivity index (χ2n) is 3.47. The summed E-state index contributed by atoms with van der Waals surface area (Å²) in [5, 5.41) is 4.53. The molecule has 0 fully saturated rings. The fourth-order valence-corrected chi connectivity index (χ4v) is 2.32. The third-order valence-electron chi connectivity index (χ3n) is 2.17. The number of rotatable bonds is 3. The normalized spacial score (nSPS) is 10.9. The number of hydrogen-bond donors (Lipinski definition) is 0. The highest BCUT2D eigenvalue weighted by Gasteiger charge is 2.07. The van der Waals surface area contributed by atoms with Crippen LogP contribution in [0, 0.1) is 6.92 Å². The molecule has 6 heteroatoms. The molecule has 0 bridgehead atoms. The zero-order valence-electron chi connectivity index (χ0n) is 9.08. The van der Waals surface area contributed by atoms with Gasteiger partial charge in [-0.1, -0.05) is 17.3 Å². The predicted molar refractivity (Wildman–Crippen MR) is 63.0 cm³/mol. The van der Waals surface area contributed by atoms with E-state index < -0.39 is 0 Å². The van der Waals surface area contributed by atoms with Gasteiger partial charge in [0.2, 0.25) is 0 Å². The standard InChI is InChI=1S/C11H9N3O2S/c1-7-12-11(16-14-7)15-6-10-13-8-4-2-3-5-9(8)17-10/h2-5H,6H2,1H3. The summed E-state index contributed by atoms with van der Waals surface area (Å²) in [6.45, 7) is 2.09. The van der Waals surface area contributed by atoms with E-state index in [-0.39, 0.29) is 6.08 Å². The Morgan fingerprint density at radius 1 is 1.29 bits per heavy atom. The number of thiazole rings is 1. The molecular formula is C11H9N3O2S. The lowest BCUT2D eigenvalue weighted by molar-refractivity contribution is 0.195. The second-order valence-corrected chi connectivity index (χ2v) is 4.59. The van der Waals surface area contributed by atoms with Gasteiger partial charge in [0, 0.05) is 0 Å². The van der Waals surface area contributed by atoms with Gasteiger partial charge in [-0.25, -0.2) is 4.98 Å². The number of aromatic nitrogens is 3. The van der Waals surface area contributed by atoms with Gasteiger partial charge in [0.1, 0.15) is 11.6 Å². The summed E-state index contributed by atoms with van der Waals surface area (Å²) in [5.74, 6) is 0.560. The van der Waals surface area contributed by atoms with E-state index in [1.54, 1.807) is 18.3 Å². The first-order valence-corrected chi connectivity index (χ1v) is 5.90. The number of hydrogen-bond acceptors (Lipinski definition) is 6. The molecule has 3 rings (SSSR count). The molecule has 0 amide bonds. The third-order valence-corrected chi connectivity index (χ3v) is 3.18. The summed E-state index contributed by atoms with van der Waals surface area (Å²) in [6.07, 6.45) is 0.182. The predicted octanol–water partition coefficient (Wildman–Crippen LogP) is 2.57. The van der Waals surface area contributed by atoms with Crippen LogP contribution in [0.5, 0.6) is 6.08 Å². The minimum Gasteiger partial charge on any atom is -0.441 e. The third kappa shape index (κ3) is 2.12. The average molecular weight is 247 g/mol. The molecule has 17 heavy (non-hydrogen) atoms. The first-order chi connectivity index (χ1) is 8.31. The molecule has 0 N–H and O–H groups in total. The van der Waals surface area contributed by atoms with E-state index in [1.165, 1.54) is 0 Å². The highest BCUT2D eigenvalue weighted by atomic mass is 32.1. The van der Waals surface area contributed by atoms with Crippen molar-refractivity contribution in [3.05, 3.63) is 35.1 Å². The molecule has 3 aromatic rings. The van der Waals surface area contributed by atoms with Crippen LogP contribution in [0.1, 0.15) is 10.8 Å². The Kier molecular flexibility index (Phi) is 2.49. The van der Waals surface area contributed by atoms with Crippen LogP contribution in [0.4, 0.5) is 0 Å². The zero-order chi connectivity index (χ0) is 11.7. The van der Waals surface area contributed by atoms with Crippen LogP contribution in [0.2, 0.25) is 0 Å². The number of fused-ring (bicyclic) bond motifs is 1. The quantitative estimate of drug-likeness (QED) is 0.711. The van der Waals surface area contributed by atoms with Gasteiger partial charge in [-0.15, -0.1) is 11.3 Å². The summed E-state index contributed by atoms with van der Waals surface area (Å²) in [4.78, 5) is 8.39. The monoisotopic (exact) mass is 247 g/mol. The van der Waals surface area contributed by atoms with Crippen LogP contribution in [0.3, 0.4) is 0 Å². The lowest BCUT2D eigenvalue weighted by atomic mass is 10.3. The van der Waals surface area contributed by atoms with Crippen LogP contribution in [0.15, 0.2) is 28.8 Å². The van der Waals surface area contributed by atoms with Crippen molar-refractivity contribution in [2.75, 3.05) is 0 Å². The van der Waals surface area contributed by atoms with Gasteiger partial charge in [0.15, 0.2) is 5.82 Å². The van der Waals surface area contributed by atoms with E-state index in [9.17, 15) is 0 Å². The van der Waals surface area contributed by atoms with Crippen LogP contribution >= 0.6 is 11.3 Å². The minimum atomic E-state index is 0.182. The Labute approximate surface area is 101 Å². The molecule has 2 aromatic heterocycles. The number of benzene rings is 1. The molecule has 0 aliphatic rings. The van der Waals surface area contributed by atoms with Crippen molar-refractivity contribution >= 4 is 21.6 Å². The molecule has 1 aromatic carbocycles. The Morgan fingerprint density at radius 2 is 2.18 bits per heavy atom. The van der Waals surface area contributed by atoms with Gasteiger partial charge < -0.3 is 4.74 Å². The van der Waals surface area contributed by atoms with E-state index in [1.807, 2.05) is 24.3 Å². The number of para-hydroxylation sites is 1. The molecule has 0 spiro atoms. The molecule has 2 heterocycles. The lowest BCUT2D eigenvalue weighted by Crippen LogP contribution is -1.94. The van der Waals surface area contributed by atoms with Crippen molar-refractivity contribution in [1.82, 2.24) is 15.1 Å². The fraction of sp³-hybridized carbons (Fsp3) is 0.182. The topological polar surface area (TPSA) is 61.0 Å². The SMILES string of the molecule is Cc1noc(OCc2nc3ccccc3s2)n1. The van der Waals surface area contributed by atoms with Crippen molar-refractivity contribution in [1.29, 1.82) is 0 Å². The van der Waals surface area contributed by atoms with Crippen LogP contribution in [-0.2, 0) is 6.61 Å². The maximum atomic E-state index is 5.35. The van der Waals surface area contributed by atoms with Crippen LogP contribution in [-0.4, -0.2) is 15.1 Å². The number of nitrogens with zero attached hydrogens (tertiary/aromatic N) is 3. The molecule has 0 aliphatic heterocycles. The first kappa shape index (κ1) is 10.2. The molecule has 86 valence electrons. The number of ether oxygens (including phenoxy) is 1. The van der Waals surface area contributed by atoms with Crippen LogP contribution in [0.25, 0.3) is 10.2 Å². The largest absolute Gasteiger partial charge is 0.441 e. The summed E-state index contributed by atoms with van der Waals surface area (Å²) in [5.41, 5.74) is 0.984. The van der Waals surface area contributed by atoms with Crippen molar-refractivity contribution < 1.29 is 9.26 Å². The van der Waals surface area contributed by atoms with Crippen LogP contribution < -0.4 is 4.74 Å². The maximum Gasteiger partial charge on any atom is 0.417 e. The smallest absolute Gasteiger partial charge is 0.417 e. The van der Waals surface area contributed by atoms with Gasteiger partial charge in [-0.05, 0) is 19.1 Å². The molecular weight excluding hydrogens is 238 g/mol. The highest BCUT2D eigenvalue weighted by molar-refractivity contribution is 7.18. The average Bonchev–Trinajstić information content (AvgIpc) is 2.91. The molecule has 5 nitrogen and oxygen atoms in total. The summed E-state index contributed by atoms with van der Waals surface area (Å²) in [7, 11) is 0. The van der Waals surface area contributed by atoms with Gasteiger partial charge >= 0.3 is 6.08 Å². The second kappa shape index (κ2) is 4.14. The summed E-state index contributed by atoms with van der Waals surface area (Å²) >= 11 is 1.60. The highest BCUT2D eigenvalue weighted by Crippen LogP contribution is 2.22. The Hall–Kier alpha value is -1.95. The molecule has 0 aliphatic carbocycles. The van der Waals surface area contributed by atoms with E-state index in [2.05, 4.69) is 15.1 Å². The first-order valence-electron chi connectivity index (χ1n) is 5.09. The van der Waals surface area contributed by atoms with Crippen molar-refractivity contribution in [2.24, 2.45) is 0 Å². The zero-order valence-corrected chi connectivity index (χ0v) is 9.90. The van der Waals surface area contributed by atoms with Gasteiger partial charge in [-0.2, -0.15) is 4.98 Å².